The summed E-state index contributed by atoms with van der Waals surface area (Å²) in [5.41, 5.74) is 1.88. The number of nitrogens with zero attached hydrogens (tertiary/aromatic N) is 2. The van der Waals surface area contributed by atoms with E-state index in [4.69, 9.17) is 0 Å². The molecule has 6 nitrogen and oxygen atoms in total. The molecule has 0 bridgehead atoms. The van der Waals surface area contributed by atoms with Crippen molar-refractivity contribution in [1.29, 1.82) is 0 Å². The van der Waals surface area contributed by atoms with E-state index < -0.39 is 11.7 Å². The van der Waals surface area contributed by atoms with Gasteiger partial charge in [0.1, 0.15) is 6.04 Å². The van der Waals surface area contributed by atoms with E-state index in [0.717, 1.165) is 5.69 Å². The molecule has 2 heterocycles. The highest BCUT2D eigenvalue weighted by Crippen LogP contribution is 2.32. The highest BCUT2D eigenvalue weighted by molar-refractivity contribution is 6.52. The van der Waals surface area contributed by atoms with Crippen LogP contribution in [0.1, 0.15) is 17.3 Å². The van der Waals surface area contributed by atoms with Crippen LogP contribution in [0, 0.1) is 0 Å². The first-order valence-electron chi connectivity index (χ1n) is 6.51. The van der Waals surface area contributed by atoms with Gasteiger partial charge in [-0.15, -0.1) is 0 Å². The molecule has 0 aliphatic carbocycles. The Morgan fingerprint density at radius 3 is 2.75 bits per heavy atom. The molecule has 0 radical (unpaired) electrons. The summed E-state index contributed by atoms with van der Waals surface area (Å²) in [5.74, 6) is -1.00. The van der Waals surface area contributed by atoms with E-state index in [2.05, 4.69) is 5.32 Å². The highest BCUT2D eigenvalue weighted by atomic mass is 16.2. The van der Waals surface area contributed by atoms with Crippen LogP contribution in [0.3, 0.4) is 0 Å². The van der Waals surface area contributed by atoms with Crippen LogP contribution in [0.2, 0.25) is 0 Å². The lowest BCUT2D eigenvalue weighted by molar-refractivity contribution is -0.122. The summed E-state index contributed by atoms with van der Waals surface area (Å²) in [7, 11) is 1.59. The fourth-order valence-corrected chi connectivity index (χ4v) is 2.68. The highest BCUT2D eigenvalue weighted by Gasteiger charge is 2.34. The summed E-state index contributed by atoms with van der Waals surface area (Å²) < 4.78 is 0. The molecular formula is C14H15N3O3. The van der Waals surface area contributed by atoms with Crippen molar-refractivity contribution in [3.8, 4) is 0 Å². The maximum atomic E-state index is 11.7. The van der Waals surface area contributed by atoms with E-state index in [1.54, 1.807) is 25.2 Å². The second-order valence-electron chi connectivity index (χ2n) is 5.06. The van der Waals surface area contributed by atoms with Gasteiger partial charge in [-0.1, -0.05) is 0 Å². The lowest BCUT2D eigenvalue weighted by atomic mass is 10.1. The van der Waals surface area contributed by atoms with Gasteiger partial charge in [-0.05, 0) is 25.1 Å². The van der Waals surface area contributed by atoms with Crippen molar-refractivity contribution in [1.82, 2.24) is 5.32 Å². The number of ketones is 1. The standard InChI is InChI=1S/C14H15N3O3/c1-8-13(19)15-5-6-17(8)9-3-4-10-11(7-9)16(2)14(20)12(10)18/h3-4,7-8H,5-6H2,1-2H3,(H,15,19). The Morgan fingerprint density at radius 2 is 2.00 bits per heavy atom. The van der Waals surface area contributed by atoms with Gasteiger partial charge in [0.05, 0.1) is 11.3 Å². The van der Waals surface area contributed by atoms with Crippen molar-refractivity contribution in [3.05, 3.63) is 23.8 Å². The number of rotatable bonds is 1. The lowest BCUT2D eigenvalue weighted by Gasteiger charge is -2.35. The molecule has 2 aliphatic heterocycles. The smallest absolute Gasteiger partial charge is 0.299 e. The Hall–Kier alpha value is -2.37. The molecule has 1 aromatic rings. The zero-order valence-corrected chi connectivity index (χ0v) is 11.3. The fraction of sp³-hybridized carbons (Fsp3) is 0.357. The first-order valence-corrected chi connectivity index (χ1v) is 6.51. The molecule has 104 valence electrons. The predicted molar refractivity (Wildman–Crippen MR) is 74.0 cm³/mol. The Balaban J connectivity index is 2.00. The third-order valence-electron chi connectivity index (χ3n) is 3.92. The largest absolute Gasteiger partial charge is 0.358 e. The van der Waals surface area contributed by atoms with Crippen molar-refractivity contribution in [3.63, 3.8) is 0 Å². The van der Waals surface area contributed by atoms with Gasteiger partial charge in [0, 0.05) is 25.8 Å². The molecule has 2 amide bonds. The number of benzene rings is 1. The lowest BCUT2D eigenvalue weighted by Crippen LogP contribution is -2.54. The van der Waals surface area contributed by atoms with Crippen LogP contribution in [-0.2, 0) is 9.59 Å². The van der Waals surface area contributed by atoms with Crippen molar-refractivity contribution < 1.29 is 14.4 Å². The molecule has 0 spiro atoms. The number of carbonyl (C=O) groups is 3. The number of Topliss-reactive ketones (excluding diaryl/α,β-unsaturated/α-hetero) is 1. The van der Waals surface area contributed by atoms with Gasteiger partial charge in [-0.25, -0.2) is 0 Å². The van der Waals surface area contributed by atoms with E-state index in [-0.39, 0.29) is 11.9 Å². The van der Waals surface area contributed by atoms with Crippen LogP contribution in [0.4, 0.5) is 11.4 Å². The third kappa shape index (κ3) is 1.68. The number of carbonyl (C=O) groups excluding carboxylic acids is 3. The zero-order chi connectivity index (χ0) is 14.4. The Morgan fingerprint density at radius 1 is 1.25 bits per heavy atom. The molecule has 0 aromatic heterocycles. The molecule has 1 saturated heterocycles. The number of likely N-dealkylation sites (N-methyl/N-ethyl adjacent to an activating group) is 1. The maximum Gasteiger partial charge on any atom is 0.299 e. The quantitative estimate of drug-likeness (QED) is 0.741. The van der Waals surface area contributed by atoms with Gasteiger partial charge in [-0.3, -0.25) is 14.4 Å². The third-order valence-corrected chi connectivity index (χ3v) is 3.92. The zero-order valence-electron chi connectivity index (χ0n) is 11.3. The molecule has 1 N–H and O–H groups in total. The van der Waals surface area contributed by atoms with Gasteiger partial charge in [-0.2, -0.15) is 0 Å². The molecule has 1 fully saturated rings. The van der Waals surface area contributed by atoms with E-state index in [1.807, 2.05) is 11.8 Å². The van der Waals surface area contributed by atoms with E-state index in [0.29, 0.717) is 24.3 Å². The Labute approximate surface area is 116 Å². The van der Waals surface area contributed by atoms with Gasteiger partial charge in [0.2, 0.25) is 5.91 Å². The van der Waals surface area contributed by atoms with E-state index in [1.165, 1.54) is 4.90 Å². The average Bonchev–Trinajstić information content (AvgIpc) is 2.67. The number of fused-ring (bicyclic) bond motifs is 1. The maximum absolute atomic E-state index is 11.7. The molecule has 20 heavy (non-hydrogen) atoms. The molecule has 6 heteroatoms. The second-order valence-corrected chi connectivity index (χ2v) is 5.06. The summed E-state index contributed by atoms with van der Waals surface area (Å²) >= 11 is 0. The number of anilines is 2. The topological polar surface area (TPSA) is 69.7 Å². The number of nitrogens with one attached hydrogen (secondary N) is 1. The molecule has 0 saturated carbocycles. The van der Waals surface area contributed by atoms with Gasteiger partial charge in [0.25, 0.3) is 11.7 Å². The Kier molecular flexibility index (Phi) is 2.74. The van der Waals surface area contributed by atoms with Crippen molar-refractivity contribution in [2.45, 2.75) is 13.0 Å². The van der Waals surface area contributed by atoms with Crippen LogP contribution in [0.15, 0.2) is 18.2 Å². The summed E-state index contributed by atoms with van der Waals surface area (Å²) in [6.45, 7) is 3.13. The molecular weight excluding hydrogens is 258 g/mol. The normalized spacial score (nSPS) is 22.1. The fourth-order valence-electron chi connectivity index (χ4n) is 2.68. The first-order chi connectivity index (χ1) is 9.50. The monoisotopic (exact) mass is 273 g/mol. The second kappa shape index (κ2) is 4.33. The SMILES string of the molecule is CC1C(=O)NCCN1c1ccc2c(c1)N(C)C(=O)C2=O. The molecule has 3 rings (SSSR count). The van der Waals surface area contributed by atoms with Crippen LogP contribution in [0.25, 0.3) is 0 Å². The number of hydrogen-bond acceptors (Lipinski definition) is 4. The van der Waals surface area contributed by atoms with E-state index >= 15 is 0 Å². The van der Waals surface area contributed by atoms with Crippen molar-refractivity contribution in [2.24, 2.45) is 0 Å². The minimum atomic E-state index is -0.512. The van der Waals surface area contributed by atoms with Crippen LogP contribution in [-0.4, -0.2) is 43.8 Å². The Bertz CT molecular complexity index is 626. The van der Waals surface area contributed by atoms with Crippen LogP contribution in [0.5, 0.6) is 0 Å². The van der Waals surface area contributed by atoms with Gasteiger partial charge < -0.3 is 15.1 Å². The van der Waals surface area contributed by atoms with Crippen LogP contribution >= 0.6 is 0 Å². The predicted octanol–water partition coefficient (Wildman–Crippen LogP) is 0.170. The van der Waals surface area contributed by atoms with Gasteiger partial charge in [0.15, 0.2) is 0 Å². The minimum Gasteiger partial charge on any atom is -0.358 e. The molecule has 2 aliphatic rings. The summed E-state index contributed by atoms with van der Waals surface area (Å²) in [6, 6.07) is 4.99. The molecule has 1 aromatic carbocycles. The summed E-state index contributed by atoms with van der Waals surface area (Å²) in [6.07, 6.45) is 0. The number of amides is 2. The molecule has 1 atom stereocenters. The average molecular weight is 273 g/mol. The van der Waals surface area contributed by atoms with E-state index in [9.17, 15) is 14.4 Å². The first kappa shape index (κ1) is 12.7. The van der Waals surface area contributed by atoms with Gasteiger partial charge >= 0.3 is 0 Å². The van der Waals surface area contributed by atoms with Crippen LogP contribution < -0.4 is 15.1 Å². The van der Waals surface area contributed by atoms with Crippen molar-refractivity contribution >= 4 is 29.0 Å². The molecule has 1 unspecified atom stereocenters. The minimum absolute atomic E-state index is 0.0164. The van der Waals surface area contributed by atoms with Crippen molar-refractivity contribution in [2.75, 3.05) is 29.9 Å². The summed E-state index contributed by atoms with van der Waals surface area (Å²) in [5, 5.41) is 2.81. The summed E-state index contributed by atoms with van der Waals surface area (Å²) in [4.78, 5) is 38.4. The number of hydrogen-bond donors (Lipinski definition) is 1. The number of piperazine rings is 1.